The molecular weight excluding hydrogens is 230 g/mol. The summed E-state index contributed by atoms with van der Waals surface area (Å²) >= 11 is 0. The topological polar surface area (TPSA) is 58.8 Å². The summed E-state index contributed by atoms with van der Waals surface area (Å²) in [4.78, 5) is 16.1. The van der Waals surface area contributed by atoms with Crippen molar-refractivity contribution < 1.29 is 9.53 Å². The standard InChI is InChI=1S/C13H25N3O2/c14-10-12-9-13(17)16(11-12)4-2-1-3-15-5-7-18-8-6-15/h12H,1-11,14H2. The Labute approximate surface area is 109 Å². The Morgan fingerprint density at radius 1 is 1.22 bits per heavy atom. The van der Waals surface area contributed by atoms with Gasteiger partial charge in [-0.25, -0.2) is 0 Å². The molecule has 1 atom stereocenters. The number of carbonyl (C=O) groups excluding carboxylic acids is 1. The van der Waals surface area contributed by atoms with Gasteiger partial charge in [-0.15, -0.1) is 0 Å². The van der Waals surface area contributed by atoms with Gasteiger partial charge in [0, 0.05) is 32.6 Å². The number of nitrogens with zero attached hydrogens (tertiary/aromatic N) is 2. The number of rotatable bonds is 6. The molecule has 0 radical (unpaired) electrons. The van der Waals surface area contributed by atoms with Crippen molar-refractivity contribution in [2.45, 2.75) is 19.3 Å². The van der Waals surface area contributed by atoms with E-state index in [0.29, 0.717) is 18.9 Å². The molecule has 5 nitrogen and oxygen atoms in total. The number of carbonyl (C=O) groups is 1. The van der Waals surface area contributed by atoms with Gasteiger partial charge in [0.05, 0.1) is 13.2 Å². The van der Waals surface area contributed by atoms with Gasteiger partial charge in [0.1, 0.15) is 0 Å². The van der Waals surface area contributed by atoms with Crippen molar-refractivity contribution in [3.8, 4) is 0 Å². The Balaban J connectivity index is 1.56. The number of morpholine rings is 1. The van der Waals surface area contributed by atoms with E-state index in [4.69, 9.17) is 10.5 Å². The SMILES string of the molecule is NCC1CC(=O)N(CCCCN2CCOCC2)C1. The number of unbranched alkanes of at least 4 members (excludes halogenated alkanes) is 1. The summed E-state index contributed by atoms with van der Waals surface area (Å²) in [7, 11) is 0. The molecule has 104 valence electrons. The maximum Gasteiger partial charge on any atom is 0.222 e. The first kappa shape index (κ1) is 13.8. The van der Waals surface area contributed by atoms with E-state index in [1.165, 1.54) is 0 Å². The van der Waals surface area contributed by atoms with Crippen LogP contribution in [0.5, 0.6) is 0 Å². The first-order valence-electron chi connectivity index (χ1n) is 7.07. The van der Waals surface area contributed by atoms with Crippen LogP contribution in [-0.2, 0) is 9.53 Å². The van der Waals surface area contributed by atoms with Gasteiger partial charge < -0.3 is 15.4 Å². The fraction of sp³-hybridized carbons (Fsp3) is 0.923. The van der Waals surface area contributed by atoms with E-state index in [9.17, 15) is 4.79 Å². The molecule has 18 heavy (non-hydrogen) atoms. The Bertz CT molecular complexity index is 267. The fourth-order valence-electron chi connectivity index (χ4n) is 2.69. The number of hydrogen-bond acceptors (Lipinski definition) is 4. The average molecular weight is 255 g/mol. The van der Waals surface area contributed by atoms with E-state index in [1.54, 1.807) is 0 Å². The molecule has 0 aliphatic carbocycles. The Morgan fingerprint density at radius 3 is 2.61 bits per heavy atom. The van der Waals surface area contributed by atoms with Gasteiger partial charge in [-0.3, -0.25) is 9.69 Å². The Morgan fingerprint density at radius 2 is 1.94 bits per heavy atom. The van der Waals surface area contributed by atoms with Gasteiger partial charge in [0.2, 0.25) is 5.91 Å². The van der Waals surface area contributed by atoms with Gasteiger partial charge in [0.15, 0.2) is 0 Å². The second-order valence-electron chi connectivity index (χ2n) is 5.31. The quantitative estimate of drug-likeness (QED) is 0.674. The van der Waals surface area contributed by atoms with Crippen molar-refractivity contribution in [3.63, 3.8) is 0 Å². The predicted octanol–water partition coefficient (Wildman–Crippen LogP) is -0.0940. The third kappa shape index (κ3) is 3.93. The van der Waals surface area contributed by atoms with Crippen molar-refractivity contribution in [1.82, 2.24) is 9.80 Å². The molecule has 2 aliphatic rings. The zero-order valence-electron chi connectivity index (χ0n) is 11.1. The number of likely N-dealkylation sites (tertiary alicyclic amines) is 1. The molecule has 2 rings (SSSR count). The molecule has 2 fully saturated rings. The van der Waals surface area contributed by atoms with Crippen LogP contribution in [0.1, 0.15) is 19.3 Å². The van der Waals surface area contributed by atoms with Gasteiger partial charge >= 0.3 is 0 Å². The van der Waals surface area contributed by atoms with E-state index >= 15 is 0 Å². The molecule has 0 spiro atoms. The van der Waals surface area contributed by atoms with E-state index in [1.807, 2.05) is 4.90 Å². The minimum Gasteiger partial charge on any atom is -0.379 e. The lowest BCUT2D eigenvalue weighted by Gasteiger charge is -2.26. The van der Waals surface area contributed by atoms with Crippen LogP contribution in [0.25, 0.3) is 0 Å². The van der Waals surface area contributed by atoms with E-state index < -0.39 is 0 Å². The van der Waals surface area contributed by atoms with Crippen molar-refractivity contribution in [1.29, 1.82) is 0 Å². The third-order valence-corrected chi connectivity index (χ3v) is 3.88. The van der Waals surface area contributed by atoms with Crippen molar-refractivity contribution in [2.24, 2.45) is 11.7 Å². The summed E-state index contributed by atoms with van der Waals surface area (Å²) in [6.45, 7) is 7.37. The minimum absolute atomic E-state index is 0.289. The lowest BCUT2D eigenvalue weighted by Crippen LogP contribution is -2.37. The second kappa shape index (κ2) is 7.07. The summed E-state index contributed by atoms with van der Waals surface area (Å²) in [5.41, 5.74) is 5.61. The monoisotopic (exact) mass is 255 g/mol. The number of amides is 1. The molecule has 1 unspecified atom stereocenters. The molecule has 1 amide bonds. The lowest BCUT2D eigenvalue weighted by atomic mass is 10.1. The highest BCUT2D eigenvalue weighted by molar-refractivity contribution is 5.78. The molecule has 2 saturated heterocycles. The van der Waals surface area contributed by atoms with Gasteiger partial charge in [-0.1, -0.05) is 0 Å². The Hall–Kier alpha value is -0.650. The van der Waals surface area contributed by atoms with Gasteiger partial charge in [-0.2, -0.15) is 0 Å². The number of hydrogen-bond donors (Lipinski definition) is 1. The highest BCUT2D eigenvalue weighted by atomic mass is 16.5. The summed E-state index contributed by atoms with van der Waals surface area (Å²) in [5, 5.41) is 0. The minimum atomic E-state index is 0.289. The molecular formula is C13H25N3O2. The lowest BCUT2D eigenvalue weighted by molar-refractivity contribution is -0.127. The number of nitrogens with two attached hydrogens (primary N) is 1. The van der Waals surface area contributed by atoms with Crippen molar-refractivity contribution in [3.05, 3.63) is 0 Å². The van der Waals surface area contributed by atoms with Gasteiger partial charge in [-0.05, 0) is 31.8 Å². The van der Waals surface area contributed by atoms with Crippen LogP contribution in [0, 0.1) is 5.92 Å². The third-order valence-electron chi connectivity index (χ3n) is 3.88. The van der Waals surface area contributed by atoms with Crippen LogP contribution < -0.4 is 5.73 Å². The molecule has 0 saturated carbocycles. The van der Waals surface area contributed by atoms with Crippen LogP contribution in [0.2, 0.25) is 0 Å². The molecule has 5 heteroatoms. The van der Waals surface area contributed by atoms with Crippen LogP contribution in [0.3, 0.4) is 0 Å². The van der Waals surface area contributed by atoms with Crippen molar-refractivity contribution in [2.75, 3.05) is 52.5 Å². The van der Waals surface area contributed by atoms with Gasteiger partial charge in [0.25, 0.3) is 0 Å². The summed E-state index contributed by atoms with van der Waals surface area (Å²) < 4.78 is 5.32. The molecule has 0 bridgehead atoms. The normalized spacial score (nSPS) is 25.9. The number of ether oxygens (including phenoxy) is 1. The Kier molecular flexibility index (Phi) is 5.41. The van der Waals surface area contributed by atoms with Crippen LogP contribution in [-0.4, -0.2) is 68.2 Å². The zero-order valence-corrected chi connectivity index (χ0v) is 11.1. The second-order valence-corrected chi connectivity index (χ2v) is 5.31. The maximum atomic E-state index is 11.7. The average Bonchev–Trinajstić information content (AvgIpc) is 2.77. The molecule has 2 N–H and O–H groups in total. The highest BCUT2D eigenvalue weighted by Gasteiger charge is 2.27. The van der Waals surface area contributed by atoms with E-state index in [0.717, 1.165) is 58.8 Å². The fourth-order valence-corrected chi connectivity index (χ4v) is 2.69. The predicted molar refractivity (Wildman–Crippen MR) is 70.2 cm³/mol. The van der Waals surface area contributed by atoms with E-state index in [2.05, 4.69) is 4.90 Å². The first-order valence-corrected chi connectivity index (χ1v) is 7.07. The zero-order chi connectivity index (χ0) is 12.8. The largest absolute Gasteiger partial charge is 0.379 e. The summed E-state index contributed by atoms with van der Waals surface area (Å²) in [5.74, 6) is 0.675. The summed E-state index contributed by atoms with van der Waals surface area (Å²) in [6.07, 6.45) is 2.91. The smallest absolute Gasteiger partial charge is 0.222 e. The highest BCUT2D eigenvalue weighted by Crippen LogP contribution is 2.16. The first-order chi connectivity index (χ1) is 8.79. The molecule has 2 aliphatic heterocycles. The molecule has 2 heterocycles. The molecule has 0 aromatic carbocycles. The maximum absolute atomic E-state index is 11.7. The van der Waals surface area contributed by atoms with Crippen molar-refractivity contribution >= 4 is 5.91 Å². The summed E-state index contributed by atoms with van der Waals surface area (Å²) in [6, 6.07) is 0. The van der Waals surface area contributed by atoms with Crippen LogP contribution in [0.15, 0.2) is 0 Å². The molecule has 0 aromatic heterocycles. The van der Waals surface area contributed by atoms with E-state index in [-0.39, 0.29) is 5.91 Å². The molecule has 0 aromatic rings. The van der Waals surface area contributed by atoms with Crippen LogP contribution >= 0.6 is 0 Å². The van der Waals surface area contributed by atoms with Crippen LogP contribution in [0.4, 0.5) is 0 Å².